The SMILES string of the molecule is CC1([CH-]O)CCC1.[Pr]. The fraction of sp³-hybridized carbons (Fsp3) is 0.833. The molecule has 1 aliphatic carbocycles. The second-order valence-corrected chi connectivity index (χ2v) is 2.64. The van der Waals surface area contributed by atoms with Crippen molar-refractivity contribution < 1.29 is 46.4 Å². The van der Waals surface area contributed by atoms with Crippen LogP contribution in [0, 0.1) is 53.3 Å². The normalized spacial score (nSPS) is 23.2. The maximum absolute atomic E-state index is 8.52. The maximum atomic E-state index is 8.52. The fourth-order valence-corrected chi connectivity index (χ4v) is 0.864. The molecule has 0 saturated heterocycles. The molecule has 0 aromatic heterocycles. The molecule has 0 unspecified atom stereocenters. The van der Waals surface area contributed by atoms with Gasteiger partial charge in [-0.05, 0) is 0 Å². The molecule has 0 aromatic rings. The smallest absolute Gasteiger partial charge is 0 e. The first-order valence-electron chi connectivity index (χ1n) is 2.75. The van der Waals surface area contributed by atoms with Crippen molar-refractivity contribution >= 4 is 0 Å². The van der Waals surface area contributed by atoms with E-state index in [1.807, 2.05) is 0 Å². The maximum Gasteiger partial charge on any atom is 0 e. The van der Waals surface area contributed by atoms with E-state index >= 15 is 0 Å². The first kappa shape index (κ1) is 9.32. The summed E-state index contributed by atoms with van der Waals surface area (Å²) in [6.45, 7) is 3.41. The summed E-state index contributed by atoms with van der Waals surface area (Å²) in [7, 11) is 0. The van der Waals surface area contributed by atoms with Crippen molar-refractivity contribution in [2.45, 2.75) is 26.2 Å². The Morgan fingerprint density at radius 3 is 2.00 bits per heavy atom. The van der Waals surface area contributed by atoms with E-state index in [1.165, 1.54) is 25.9 Å². The van der Waals surface area contributed by atoms with Crippen LogP contribution in [-0.2, 0) is 0 Å². The third-order valence-electron chi connectivity index (χ3n) is 1.81. The molecule has 1 saturated carbocycles. The van der Waals surface area contributed by atoms with Crippen molar-refractivity contribution in [1.29, 1.82) is 0 Å². The zero-order chi connectivity index (χ0) is 5.33. The Kier molecular flexibility index (Phi) is 4.06. The van der Waals surface area contributed by atoms with Crippen LogP contribution in [0.1, 0.15) is 26.2 Å². The Morgan fingerprint density at radius 1 is 1.50 bits per heavy atom. The third kappa shape index (κ3) is 1.93. The molecule has 0 atom stereocenters. The Morgan fingerprint density at radius 2 is 2.00 bits per heavy atom. The summed E-state index contributed by atoms with van der Waals surface area (Å²) in [5, 5.41) is 8.52. The van der Waals surface area contributed by atoms with Crippen molar-refractivity contribution in [3.8, 4) is 0 Å². The average Bonchev–Trinajstić information content (AvgIpc) is 1.61. The first-order chi connectivity index (χ1) is 3.27. The van der Waals surface area contributed by atoms with Crippen molar-refractivity contribution in [2.75, 3.05) is 0 Å². The molecular weight excluding hydrogens is 229 g/mol. The van der Waals surface area contributed by atoms with Gasteiger partial charge in [-0.1, -0.05) is 26.2 Å². The van der Waals surface area contributed by atoms with Gasteiger partial charge in [0.05, 0.1) is 0 Å². The monoisotopic (exact) mass is 240 g/mol. The van der Waals surface area contributed by atoms with Gasteiger partial charge in [-0.15, -0.1) is 5.41 Å². The molecule has 0 aliphatic heterocycles. The summed E-state index contributed by atoms with van der Waals surface area (Å²) in [5.41, 5.74) is 0.194. The van der Waals surface area contributed by atoms with Crippen LogP contribution in [0.4, 0.5) is 0 Å². The summed E-state index contributed by atoms with van der Waals surface area (Å²) >= 11 is 0. The van der Waals surface area contributed by atoms with Gasteiger partial charge in [0.25, 0.3) is 0 Å². The molecule has 0 aromatic carbocycles. The van der Waals surface area contributed by atoms with Crippen LogP contribution in [0.5, 0.6) is 0 Å². The summed E-state index contributed by atoms with van der Waals surface area (Å²) in [4.78, 5) is 0. The Balaban J connectivity index is 0.000000490. The summed E-state index contributed by atoms with van der Waals surface area (Å²) < 4.78 is 0. The summed E-state index contributed by atoms with van der Waals surface area (Å²) in [6.07, 6.45) is 3.63. The van der Waals surface area contributed by atoms with E-state index in [4.69, 9.17) is 5.11 Å². The molecule has 0 bridgehead atoms. The molecule has 1 aliphatic rings. The number of hydrogen-bond acceptors (Lipinski definition) is 1. The van der Waals surface area contributed by atoms with Crippen LogP contribution in [0.3, 0.4) is 0 Å². The van der Waals surface area contributed by atoms with E-state index in [0.29, 0.717) is 0 Å². The van der Waals surface area contributed by atoms with E-state index in [9.17, 15) is 0 Å². The van der Waals surface area contributed by atoms with Crippen molar-refractivity contribution in [3.05, 3.63) is 6.61 Å². The number of rotatable bonds is 1. The van der Waals surface area contributed by atoms with E-state index in [2.05, 4.69) is 6.92 Å². The molecule has 0 heterocycles. The van der Waals surface area contributed by atoms with Crippen molar-refractivity contribution in [3.63, 3.8) is 0 Å². The van der Waals surface area contributed by atoms with Crippen molar-refractivity contribution in [2.24, 2.45) is 5.41 Å². The van der Waals surface area contributed by atoms with E-state index in [-0.39, 0.29) is 46.7 Å². The number of aliphatic hydroxyl groups is 1. The van der Waals surface area contributed by atoms with Gasteiger partial charge in [0.15, 0.2) is 0 Å². The quantitative estimate of drug-likeness (QED) is 0.692. The molecule has 0 spiro atoms. The van der Waals surface area contributed by atoms with Gasteiger partial charge in [0, 0.05) is 41.3 Å². The van der Waals surface area contributed by atoms with Crippen molar-refractivity contribution in [1.82, 2.24) is 0 Å². The standard InChI is InChI=1S/C6H11O.Pr/c1-6(5-7)3-2-4-6;/h5,7H,2-4H2,1H3;/q-1;. The van der Waals surface area contributed by atoms with E-state index in [0.717, 1.165) is 0 Å². The van der Waals surface area contributed by atoms with Crippen LogP contribution in [0.15, 0.2) is 0 Å². The van der Waals surface area contributed by atoms with Crippen LogP contribution in [0.2, 0.25) is 0 Å². The minimum atomic E-state index is 0. The van der Waals surface area contributed by atoms with Crippen LogP contribution in [-0.4, -0.2) is 5.11 Å². The van der Waals surface area contributed by atoms with Gasteiger partial charge >= 0.3 is 0 Å². The van der Waals surface area contributed by atoms with E-state index < -0.39 is 0 Å². The van der Waals surface area contributed by atoms with Crippen LogP contribution in [0.25, 0.3) is 0 Å². The van der Waals surface area contributed by atoms with Crippen LogP contribution < -0.4 is 0 Å². The molecule has 0 amide bonds. The average molecular weight is 240 g/mol. The fourth-order valence-electron chi connectivity index (χ4n) is 0.864. The van der Waals surface area contributed by atoms with E-state index in [1.54, 1.807) is 0 Å². The predicted molar refractivity (Wildman–Crippen MR) is 28.2 cm³/mol. The molecule has 2 heteroatoms. The largest absolute Gasteiger partial charge is 0.565 e. The van der Waals surface area contributed by atoms with Gasteiger partial charge < -0.3 is 5.11 Å². The van der Waals surface area contributed by atoms with Gasteiger partial charge in [-0.3, -0.25) is 0 Å². The zero-order valence-electron chi connectivity index (χ0n) is 5.22. The molecule has 8 heavy (non-hydrogen) atoms. The second-order valence-electron chi connectivity index (χ2n) is 2.64. The molecular formula is C6H11OPr-. The first-order valence-corrected chi connectivity index (χ1v) is 2.75. The topological polar surface area (TPSA) is 20.2 Å². The molecule has 1 N–H and O–H groups in total. The number of aliphatic hydroxyl groups excluding tert-OH is 1. The number of hydrogen-bond donors (Lipinski definition) is 1. The molecule has 1 radical (unpaired) electrons. The predicted octanol–water partition coefficient (Wildman–Crippen LogP) is 1.71. The summed E-state index contributed by atoms with van der Waals surface area (Å²) in [6, 6.07) is 0. The Bertz CT molecular complexity index is 63.4. The molecule has 1 fully saturated rings. The molecule has 1 rings (SSSR count). The second kappa shape index (κ2) is 3.48. The van der Waals surface area contributed by atoms with Gasteiger partial charge in [0.1, 0.15) is 0 Å². The minimum Gasteiger partial charge on any atom is -0.565 e. The Hall–Kier alpha value is 1.32. The van der Waals surface area contributed by atoms with Gasteiger partial charge in [-0.25, -0.2) is 6.61 Å². The minimum absolute atomic E-state index is 0. The molecule has 1 nitrogen and oxygen atoms in total. The van der Waals surface area contributed by atoms with Gasteiger partial charge in [0.2, 0.25) is 0 Å². The molecule has 45 valence electrons. The van der Waals surface area contributed by atoms with Crippen LogP contribution >= 0.6 is 0 Å². The van der Waals surface area contributed by atoms with Gasteiger partial charge in [-0.2, -0.15) is 0 Å². The summed E-state index contributed by atoms with van der Waals surface area (Å²) in [5.74, 6) is 0. The Labute approximate surface area is 83.8 Å². The third-order valence-corrected chi connectivity index (χ3v) is 1.81. The zero-order valence-corrected chi connectivity index (χ0v) is 8.93.